The maximum atomic E-state index is 13.9. The Balaban J connectivity index is 1.49. The second-order valence-electron chi connectivity index (χ2n) is 12.1. The summed E-state index contributed by atoms with van der Waals surface area (Å²) in [4.78, 5) is 12.9. The van der Waals surface area contributed by atoms with Crippen LogP contribution in [0.2, 0.25) is 0 Å². The van der Waals surface area contributed by atoms with E-state index in [1.165, 1.54) is 17.7 Å². The minimum atomic E-state index is -1.01. The molecular weight excluding hydrogens is 530 g/mol. The first-order chi connectivity index (χ1) is 20.1. The number of carbonyl (C=O) groups is 1. The van der Waals surface area contributed by atoms with Gasteiger partial charge in [-0.15, -0.1) is 0 Å². The van der Waals surface area contributed by atoms with E-state index in [0.717, 1.165) is 34.7 Å². The lowest BCUT2D eigenvalue weighted by Crippen LogP contribution is -2.49. The van der Waals surface area contributed by atoms with Gasteiger partial charge in [-0.2, -0.15) is 0 Å². The SMILES string of the molecule is CC(C)(C)Cc1ccc(-c2ccccc2)c(CNC[C@@H](O)[C@H](Cc2cc(F)cc(F)c2)NC(=O)Cc2ccccc2)c1. The van der Waals surface area contributed by atoms with Crippen LogP contribution in [0.3, 0.4) is 0 Å². The Morgan fingerprint density at radius 3 is 2.10 bits per heavy atom. The predicted octanol–water partition coefficient (Wildman–Crippen LogP) is 6.64. The number of halogens is 2. The Hall–Kier alpha value is -3.87. The van der Waals surface area contributed by atoms with Crippen molar-refractivity contribution in [2.45, 2.75) is 58.7 Å². The molecule has 4 nitrogen and oxygen atoms in total. The van der Waals surface area contributed by atoms with Crippen molar-refractivity contribution in [3.8, 4) is 11.1 Å². The van der Waals surface area contributed by atoms with Gasteiger partial charge in [0.25, 0.3) is 0 Å². The van der Waals surface area contributed by atoms with Crippen LogP contribution in [0.1, 0.15) is 43.0 Å². The molecule has 42 heavy (non-hydrogen) atoms. The summed E-state index contributed by atoms with van der Waals surface area (Å²) in [5.74, 6) is -1.67. The van der Waals surface area contributed by atoms with Crippen molar-refractivity contribution in [2.75, 3.05) is 6.54 Å². The van der Waals surface area contributed by atoms with E-state index in [1.807, 2.05) is 48.5 Å². The van der Waals surface area contributed by atoms with Crippen molar-refractivity contribution in [3.05, 3.63) is 131 Å². The zero-order chi connectivity index (χ0) is 30.1. The minimum Gasteiger partial charge on any atom is -0.390 e. The maximum absolute atomic E-state index is 13.9. The van der Waals surface area contributed by atoms with Crippen LogP contribution in [-0.2, 0) is 30.6 Å². The van der Waals surface area contributed by atoms with Gasteiger partial charge in [0, 0.05) is 19.2 Å². The van der Waals surface area contributed by atoms with Crippen molar-refractivity contribution < 1.29 is 18.7 Å². The van der Waals surface area contributed by atoms with Crippen LogP contribution in [0.4, 0.5) is 8.78 Å². The lowest BCUT2D eigenvalue weighted by atomic mass is 9.86. The second kappa shape index (κ2) is 14.3. The summed E-state index contributed by atoms with van der Waals surface area (Å²) in [5, 5.41) is 17.5. The van der Waals surface area contributed by atoms with Crippen molar-refractivity contribution in [2.24, 2.45) is 5.41 Å². The van der Waals surface area contributed by atoms with Gasteiger partial charge in [0.15, 0.2) is 0 Å². The number of aliphatic hydroxyl groups is 1. The Morgan fingerprint density at radius 2 is 1.45 bits per heavy atom. The van der Waals surface area contributed by atoms with Crippen LogP contribution in [0.15, 0.2) is 97.1 Å². The Kier molecular flexibility index (Phi) is 10.6. The van der Waals surface area contributed by atoms with E-state index in [0.29, 0.717) is 12.1 Å². The highest BCUT2D eigenvalue weighted by Gasteiger charge is 2.23. The summed E-state index contributed by atoms with van der Waals surface area (Å²) >= 11 is 0. The minimum absolute atomic E-state index is 0.0778. The van der Waals surface area contributed by atoms with Gasteiger partial charge in [0.2, 0.25) is 5.91 Å². The van der Waals surface area contributed by atoms with Gasteiger partial charge >= 0.3 is 0 Å². The van der Waals surface area contributed by atoms with E-state index in [-0.39, 0.29) is 30.7 Å². The van der Waals surface area contributed by atoms with E-state index in [1.54, 1.807) is 0 Å². The third-order valence-corrected chi connectivity index (χ3v) is 7.05. The predicted molar refractivity (Wildman–Crippen MR) is 165 cm³/mol. The highest BCUT2D eigenvalue weighted by Crippen LogP contribution is 2.28. The normalized spacial score (nSPS) is 13.0. The molecule has 0 fully saturated rings. The first kappa shape index (κ1) is 31.1. The molecule has 4 aromatic carbocycles. The van der Waals surface area contributed by atoms with Crippen molar-refractivity contribution in [3.63, 3.8) is 0 Å². The van der Waals surface area contributed by atoms with Crippen LogP contribution < -0.4 is 10.6 Å². The number of aliphatic hydroxyl groups excluding tert-OH is 1. The largest absolute Gasteiger partial charge is 0.390 e. The molecule has 0 aliphatic rings. The first-order valence-corrected chi connectivity index (χ1v) is 14.4. The van der Waals surface area contributed by atoms with Crippen LogP contribution in [0, 0.1) is 17.0 Å². The monoisotopic (exact) mass is 570 g/mol. The average Bonchev–Trinajstić information content (AvgIpc) is 2.92. The van der Waals surface area contributed by atoms with E-state index in [4.69, 9.17) is 0 Å². The molecule has 0 unspecified atom stereocenters. The van der Waals surface area contributed by atoms with E-state index in [2.05, 4.69) is 61.7 Å². The number of rotatable bonds is 12. The van der Waals surface area contributed by atoms with E-state index < -0.39 is 23.8 Å². The van der Waals surface area contributed by atoms with E-state index in [9.17, 15) is 18.7 Å². The van der Waals surface area contributed by atoms with Gasteiger partial charge in [-0.25, -0.2) is 8.78 Å². The molecule has 6 heteroatoms. The third-order valence-electron chi connectivity index (χ3n) is 7.05. The van der Waals surface area contributed by atoms with Gasteiger partial charge in [-0.05, 0) is 63.8 Å². The number of hydrogen-bond donors (Lipinski definition) is 3. The highest BCUT2D eigenvalue weighted by atomic mass is 19.1. The molecule has 3 N–H and O–H groups in total. The standard InChI is InChI=1S/C36H40F2N2O2/c1-36(2,3)22-26-14-15-32(28-12-8-5-9-13-28)29(16-26)23-39-24-34(41)33(19-27-17-30(37)21-31(38)18-27)40-35(42)20-25-10-6-4-7-11-25/h4-18,21,33-34,39,41H,19-20,22-24H2,1-3H3,(H,40,42)/t33-,34+/m0/s1. The molecule has 0 aromatic heterocycles. The second-order valence-corrected chi connectivity index (χ2v) is 12.1. The molecule has 220 valence electrons. The number of benzene rings is 4. The van der Waals surface area contributed by atoms with Crippen LogP contribution >= 0.6 is 0 Å². The number of nitrogens with one attached hydrogen (secondary N) is 2. The summed E-state index contributed by atoms with van der Waals surface area (Å²) in [6, 6.07) is 28.5. The fourth-order valence-electron chi connectivity index (χ4n) is 5.22. The molecule has 0 aliphatic carbocycles. The average molecular weight is 571 g/mol. The summed E-state index contributed by atoms with van der Waals surface area (Å²) in [5.41, 5.74) is 5.89. The molecule has 4 rings (SSSR count). The highest BCUT2D eigenvalue weighted by molar-refractivity contribution is 5.79. The van der Waals surface area contributed by atoms with Gasteiger partial charge in [-0.3, -0.25) is 4.79 Å². The lowest BCUT2D eigenvalue weighted by Gasteiger charge is -2.25. The Bertz CT molecular complexity index is 1430. The summed E-state index contributed by atoms with van der Waals surface area (Å²) in [6.45, 7) is 7.31. The van der Waals surface area contributed by atoms with Gasteiger partial charge in [0.05, 0.1) is 18.6 Å². The van der Waals surface area contributed by atoms with Crippen LogP contribution in [-0.4, -0.2) is 29.7 Å². The molecule has 1 amide bonds. The van der Waals surface area contributed by atoms with Crippen molar-refractivity contribution >= 4 is 5.91 Å². The fourth-order valence-corrected chi connectivity index (χ4v) is 5.22. The molecule has 0 heterocycles. The van der Waals surface area contributed by atoms with E-state index >= 15 is 0 Å². The maximum Gasteiger partial charge on any atom is 0.224 e. The summed E-state index contributed by atoms with van der Waals surface area (Å²) in [6.07, 6.45) is 0.135. The molecule has 0 radical (unpaired) electrons. The smallest absolute Gasteiger partial charge is 0.224 e. The van der Waals surface area contributed by atoms with Gasteiger partial charge < -0.3 is 15.7 Å². The summed E-state index contributed by atoms with van der Waals surface area (Å²) < 4.78 is 27.9. The molecule has 0 spiro atoms. The lowest BCUT2D eigenvalue weighted by molar-refractivity contribution is -0.122. The Labute approximate surface area is 247 Å². The third kappa shape index (κ3) is 9.61. The topological polar surface area (TPSA) is 61.4 Å². The molecule has 0 saturated carbocycles. The fraction of sp³-hybridized carbons (Fsp3) is 0.306. The molecule has 4 aromatic rings. The molecule has 2 atom stereocenters. The van der Waals surface area contributed by atoms with Crippen LogP contribution in [0.5, 0.6) is 0 Å². The zero-order valence-electron chi connectivity index (χ0n) is 24.5. The molecule has 0 aliphatic heterocycles. The van der Waals surface area contributed by atoms with Crippen LogP contribution in [0.25, 0.3) is 11.1 Å². The molecule has 0 saturated heterocycles. The van der Waals surface area contributed by atoms with Crippen molar-refractivity contribution in [1.82, 2.24) is 10.6 Å². The van der Waals surface area contributed by atoms with Gasteiger partial charge in [0.1, 0.15) is 11.6 Å². The summed E-state index contributed by atoms with van der Waals surface area (Å²) in [7, 11) is 0. The quantitative estimate of drug-likeness (QED) is 0.179. The zero-order valence-corrected chi connectivity index (χ0v) is 24.5. The van der Waals surface area contributed by atoms with Crippen molar-refractivity contribution in [1.29, 1.82) is 0 Å². The first-order valence-electron chi connectivity index (χ1n) is 14.4. The number of carbonyl (C=O) groups excluding carboxylic acids is 1. The van der Waals surface area contributed by atoms with Gasteiger partial charge in [-0.1, -0.05) is 99.6 Å². The molecule has 0 bridgehead atoms. The Morgan fingerprint density at radius 1 is 0.810 bits per heavy atom. The number of amides is 1. The number of hydrogen-bond acceptors (Lipinski definition) is 3. The molecular formula is C36H40F2N2O2.